The van der Waals surface area contributed by atoms with Crippen molar-refractivity contribution in [1.29, 1.82) is 0 Å². The van der Waals surface area contributed by atoms with Crippen LogP contribution >= 0.6 is 0 Å². The van der Waals surface area contributed by atoms with E-state index in [1.165, 1.54) is 24.8 Å². The highest BCUT2D eigenvalue weighted by Crippen LogP contribution is 2.26. The first-order chi connectivity index (χ1) is 7.33. The van der Waals surface area contributed by atoms with Crippen LogP contribution < -0.4 is 0 Å². The first-order valence-corrected chi connectivity index (χ1v) is 5.76. The van der Waals surface area contributed by atoms with Crippen LogP contribution in [0.1, 0.15) is 50.3 Å². The number of rotatable bonds is 6. The van der Waals surface area contributed by atoms with Gasteiger partial charge in [0.25, 0.3) is 0 Å². The Kier molecular flexibility index (Phi) is 5.33. The first kappa shape index (κ1) is 12.2. The van der Waals surface area contributed by atoms with Crippen molar-refractivity contribution in [2.45, 2.75) is 45.6 Å². The van der Waals surface area contributed by atoms with Crippen LogP contribution in [0.5, 0.6) is 0 Å². The summed E-state index contributed by atoms with van der Waals surface area (Å²) in [7, 11) is 1.72. The van der Waals surface area contributed by atoms with E-state index in [-0.39, 0.29) is 0 Å². The average Bonchev–Trinajstić information content (AvgIpc) is 2.27. The molecular formula is C13H21NO. The second-order valence-electron chi connectivity index (χ2n) is 3.87. The zero-order valence-corrected chi connectivity index (χ0v) is 9.99. The minimum absolute atomic E-state index is 0.621. The van der Waals surface area contributed by atoms with Gasteiger partial charge in [-0.3, -0.25) is 4.98 Å². The molecule has 2 nitrogen and oxygen atoms in total. The van der Waals surface area contributed by atoms with Crippen LogP contribution in [0.4, 0.5) is 0 Å². The Morgan fingerprint density at radius 2 is 2.20 bits per heavy atom. The molecule has 1 unspecified atom stereocenters. The third-order valence-electron chi connectivity index (χ3n) is 2.78. The molecule has 0 aliphatic heterocycles. The summed E-state index contributed by atoms with van der Waals surface area (Å²) in [6.45, 7) is 5.09. The summed E-state index contributed by atoms with van der Waals surface area (Å²) in [6.07, 6.45) is 5.48. The van der Waals surface area contributed by atoms with Gasteiger partial charge in [-0.05, 0) is 30.4 Å². The van der Waals surface area contributed by atoms with E-state index in [1.54, 1.807) is 7.11 Å². The van der Waals surface area contributed by atoms with Gasteiger partial charge >= 0.3 is 0 Å². The molecule has 1 rings (SSSR count). The minimum Gasteiger partial charge on any atom is -0.378 e. The molecule has 0 fully saturated rings. The first-order valence-electron chi connectivity index (χ1n) is 5.76. The van der Waals surface area contributed by atoms with Crippen LogP contribution in [0, 0.1) is 0 Å². The summed E-state index contributed by atoms with van der Waals surface area (Å²) < 4.78 is 5.18. The fraction of sp³-hybridized carbons (Fsp3) is 0.615. The molecule has 0 aliphatic carbocycles. The van der Waals surface area contributed by atoms with Crippen LogP contribution in [-0.2, 0) is 11.3 Å². The SMILES string of the molecule is CCCC(CC)c1cccnc1COC. The van der Waals surface area contributed by atoms with Gasteiger partial charge in [-0.1, -0.05) is 26.3 Å². The molecule has 15 heavy (non-hydrogen) atoms. The minimum atomic E-state index is 0.621. The third kappa shape index (κ3) is 3.31. The summed E-state index contributed by atoms with van der Waals surface area (Å²) in [5.74, 6) is 0.633. The topological polar surface area (TPSA) is 22.1 Å². The van der Waals surface area contributed by atoms with Crippen LogP contribution in [0.15, 0.2) is 18.3 Å². The predicted octanol–water partition coefficient (Wildman–Crippen LogP) is 3.52. The second kappa shape index (κ2) is 6.57. The van der Waals surface area contributed by atoms with Crippen molar-refractivity contribution < 1.29 is 4.74 Å². The molecule has 0 aliphatic rings. The summed E-state index contributed by atoms with van der Waals surface area (Å²) in [6, 6.07) is 4.21. The maximum absolute atomic E-state index is 5.18. The van der Waals surface area contributed by atoms with Gasteiger partial charge in [0.2, 0.25) is 0 Å². The summed E-state index contributed by atoms with van der Waals surface area (Å²) in [4.78, 5) is 4.39. The van der Waals surface area contributed by atoms with Crippen molar-refractivity contribution in [1.82, 2.24) is 4.98 Å². The molecule has 0 saturated heterocycles. The van der Waals surface area contributed by atoms with E-state index in [9.17, 15) is 0 Å². The van der Waals surface area contributed by atoms with E-state index in [0.717, 1.165) is 5.69 Å². The molecular weight excluding hydrogens is 186 g/mol. The standard InChI is InChI=1S/C13H21NO/c1-4-7-11(5-2)12-8-6-9-14-13(12)10-15-3/h6,8-9,11H,4-5,7,10H2,1-3H3. The molecule has 0 radical (unpaired) electrons. The van der Waals surface area contributed by atoms with Gasteiger partial charge in [0.15, 0.2) is 0 Å². The van der Waals surface area contributed by atoms with Gasteiger partial charge < -0.3 is 4.74 Å². The Bertz CT molecular complexity index is 286. The Morgan fingerprint density at radius 1 is 1.40 bits per heavy atom. The smallest absolute Gasteiger partial charge is 0.0886 e. The van der Waals surface area contributed by atoms with E-state index >= 15 is 0 Å². The van der Waals surface area contributed by atoms with Gasteiger partial charge in [-0.25, -0.2) is 0 Å². The van der Waals surface area contributed by atoms with Crippen molar-refractivity contribution >= 4 is 0 Å². The van der Waals surface area contributed by atoms with Crippen molar-refractivity contribution in [3.05, 3.63) is 29.6 Å². The molecule has 1 aromatic rings. The van der Waals surface area contributed by atoms with E-state index in [0.29, 0.717) is 12.5 Å². The number of methoxy groups -OCH3 is 1. The lowest BCUT2D eigenvalue weighted by molar-refractivity contribution is 0.180. The van der Waals surface area contributed by atoms with Crippen LogP contribution in [0.25, 0.3) is 0 Å². The Balaban J connectivity index is 2.88. The molecule has 1 aromatic heterocycles. The van der Waals surface area contributed by atoms with Gasteiger partial charge in [0.05, 0.1) is 12.3 Å². The van der Waals surface area contributed by atoms with Gasteiger partial charge in [-0.2, -0.15) is 0 Å². The van der Waals surface area contributed by atoms with E-state index in [2.05, 4.69) is 24.9 Å². The summed E-state index contributed by atoms with van der Waals surface area (Å²) >= 11 is 0. The van der Waals surface area contributed by atoms with Crippen molar-refractivity contribution in [3.8, 4) is 0 Å². The largest absolute Gasteiger partial charge is 0.378 e. The lowest BCUT2D eigenvalue weighted by Crippen LogP contribution is -2.04. The number of ether oxygens (including phenoxy) is 1. The van der Waals surface area contributed by atoms with Crippen LogP contribution in [0.3, 0.4) is 0 Å². The monoisotopic (exact) mass is 207 g/mol. The number of hydrogen-bond acceptors (Lipinski definition) is 2. The van der Waals surface area contributed by atoms with E-state index in [1.807, 2.05) is 12.3 Å². The summed E-state index contributed by atoms with van der Waals surface area (Å²) in [5.41, 5.74) is 2.46. The third-order valence-corrected chi connectivity index (χ3v) is 2.78. The number of hydrogen-bond donors (Lipinski definition) is 0. The van der Waals surface area contributed by atoms with Crippen LogP contribution in [0.2, 0.25) is 0 Å². The van der Waals surface area contributed by atoms with Crippen LogP contribution in [-0.4, -0.2) is 12.1 Å². The highest BCUT2D eigenvalue weighted by Gasteiger charge is 2.12. The molecule has 2 heteroatoms. The van der Waals surface area contributed by atoms with E-state index in [4.69, 9.17) is 4.74 Å². The second-order valence-corrected chi connectivity index (χ2v) is 3.87. The molecule has 84 valence electrons. The number of aromatic nitrogens is 1. The molecule has 0 N–H and O–H groups in total. The normalized spacial score (nSPS) is 12.7. The highest BCUT2D eigenvalue weighted by atomic mass is 16.5. The molecule has 0 bridgehead atoms. The predicted molar refractivity (Wildman–Crippen MR) is 62.9 cm³/mol. The molecule has 0 saturated carbocycles. The maximum Gasteiger partial charge on any atom is 0.0886 e. The molecule has 0 spiro atoms. The summed E-state index contributed by atoms with van der Waals surface area (Å²) in [5, 5.41) is 0. The quantitative estimate of drug-likeness (QED) is 0.712. The van der Waals surface area contributed by atoms with Gasteiger partial charge in [-0.15, -0.1) is 0 Å². The average molecular weight is 207 g/mol. The lowest BCUT2D eigenvalue weighted by Gasteiger charge is -2.17. The highest BCUT2D eigenvalue weighted by molar-refractivity contribution is 5.23. The van der Waals surface area contributed by atoms with Crippen molar-refractivity contribution in [3.63, 3.8) is 0 Å². The Labute approximate surface area is 92.7 Å². The fourth-order valence-corrected chi connectivity index (χ4v) is 2.01. The molecule has 1 heterocycles. The molecule has 0 aromatic carbocycles. The zero-order valence-electron chi connectivity index (χ0n) is 9.99. The van der Waals surface area contributed by atoms with Gasteiger partial charge in [0.1, 0.15) is 0 Å². The molecule has 1 atom stereocenters. The number of nitrogens with zero attached hydrogens (tertiary/aromatic N) is 1. The van der Waals surface area contributed by atoms with Crippen molar-refractivity contribution in [2.75, 3.05) is 7.11 Å². The lowest BCUT2D eigenvalue weighted by atomic mass is 9.91. The van der Waals surface area contributed by atoms with Crippen molar-refractivity contribution in [2.24, 2.45) is 0 Å². The Morgan fingerprint density at radius 3 is 2.80 bits per heavy atom. The number of pyridine rings is 1. The van der Waals surface area contributed by atoms with Gasteiger partial charge in [0, 0.05) is 13.3 Å². The Hall–Kier alpha value is -0.890. The molecule has 0 amide bonds. The zero-order chi connectivity index (χ0) is 11.1. The fourth-order valence-electron chi connectivity index (χ4n) is 2.01. The van der Waals surface area contributed by atoms with E-state index < -0.39 is 0 Å². The maximum atomic E-state index is 5.18.